The molecular formula is C13H21NO2. The predicted molar refractivity (Wildman–Crippen MR) is 67.0 cm³/mol. The summed E-state index contributed by atoms with van der Waals surface area (Å²) in [4.78, 5) is 0. The molecule has 0 aromatic heterocycles. The maximum absolute atomic E-state index is 8.64. The number of benzene rings is 1. The van der Waals surface area contributed by atoms with E-state index in [0.29, 0.717) is 6.61 Å². The minimum absolute atomic E-state index is 0.305. The van der Waals surface area contributed by atoms with Crippen LogP contribution in [0.5, 0.6) is 5.75 Å². The second-order valence-corrected chi connectivity index (χ2v) is 3.76. The molecule has 1 rings (SSSR count). The number of hydrogen-bond donors (Lipinski definition) is 2. The average molecular weight is 223 g/mol. The quantitative estimate of drug-likeness (QED) is 0.666. The van der Waals surface area contributed by atoms with Crippen LogP contribution in [-0.4, -0.2) is 25.4 Å². The molecule has 0 aliphatic rings. The second kappa shape index (κ2) is 7.99. The molecule has 0 saturated carbocycles. The molecule has 0 amide bonds. The van der Waals surface area contributed by atoms with Crippen LogP contribution < -0.4 is 10.1 Å². The van der Waals surface area contributed by atoms with E-state index in [4.69, 9.17) is 9.84 Å². The Hall–Kier alpha value is -1.22. The molecule has 0 unspecified atom stereocenters. The van der Waals surface area contributed by atoms with Crippen LogP contribution in [0.15, 0.2) is 24.3 Å². The molecule has 1 aromatic carbocycles. The Bertz CT molecular complexity index is 289. The van der Waals surface area contributed by atoms with Crippen LogP contribution in [-0.2, 0) is 0 Å². The van der Waals surface area contributed by atoms with Crippen molar-refractivity contribution in [3.63, 3.8) is 0 Å². The number of nitrogens with one attached hydrogen (secondary N) is 1. The number of methoxy groups -OCH3 is 1. The van der Waals surface area contributed by atoms with E-state index in [1.807, 2.05) is 24.3 Å². The Morgan fingerprint density at radius 1 is 1.12 bits per heavy atom. The van der Waals surface area contributed by atoms with Gasteiger partial charge in [-0.2, -0.15) is 0 Å². The first kappa shape index (κ1) is 12.8. The van der Waals surface area contributed by atoms with E-state index < -0.39 is 0 Å². The molecule has 0 saturated heterocycles. The molecule has 0 radical (unpaired) electrons. The summed E-state index contributed by atoms with van der Waals surface area (Å²) in [5.41, 5.74) is 1.05. The third kappa shape index (κ3) is 4.53. The molecule has 3 nitrogen and oxygen atoms in total. The van der Waals surface area contributed by atoms with Gasteiger partial charge in [-0.1, -0.05) is 25.0 Å². The van der Waals surface area contributed by atoms with Crippen molar-refractivity contribution < 1.29 is 9.84 Å². The fraction of sp³-hybridized carbons (Fsp3) is 0.538. The van der Waals surface area contributed by atoms with Gasteiger partial charge in [0.15, 0.2) is 0 Å². The van der Waals surface area contributed by atoms with Crippen LogP contribution in [0.2, 0.25) is 0 Å². The van der Waals surface area contributed by atoms with Gasteiger partial charge in [0.25, 0.3) is 0 Å². The topological polar surface area (TPSA) is 41.5 Å². The van der Waals surface area contributed by atoms with E-state index in [2.05, 4.69) is 5.32 Å². The maximum atomic E-state index is 8.64. The predicted octanol–water partition coefficient (Wildman–Crippen LogP) is 2.66. The summed E-state index contributed by atoms with van der Waals surface area (Å²) in [5, 5.41) is 12.0. The zero-order valence-corrected chi connectivity index (χ0v) is 9.91. The van der Waals surface area contributed by atoms with Crippen molar-refractivity contribution in [2.24, 2.45) is 0 Å². The third-order valence-electron chi connectivity index (χ3n) is 2.51. The number of unbranched alkanes of at least 4 members (excludes halogenated alkanes) is 3. The van der Waals surface area contributed by atoms with Crippen molar-refractivity contribution in [2.45, 2.75) is 25.7 Å². The number of ether oxygens (including phenoxy) is 1. The summed E-state index contributed by atoms with van der Waals surface area (Å²) < 4.78 is 5.25. The fourth-order valence-electron chi connectivity index (χ4n) is 1.60. The lowest BCUT2D eigenvalue weighted by atomic mass is 10.2. The highest BCUT2D eigenvalue weighted by Gasteiger charge is 1.99. The number of hydrogen-bond acceptors (Lipinski definition) is 3. The van der Waals surface area contributed by atoms with Gasteiger partial charge in [-0.25, -0.2) is 0 Å². The lowest BCUT2D eigenvalue weighted by molar-refractivity contribution is 0.283. The van der Waals surface area contributed by atoms with Crippen molar-refractivity contribution in [1.82, 2.24) is 0 Å². The SMILES string of the molecule is COc1ccccc1NCCCCCCO. The number of aliphatic hydroxyl groups is 1. The molecule has 90 valence electrons. The van der Waals surface area contributed by atoms with Gasteiger partial charge >= 0.3 is 0 Å². The van der Waals surface area contributed by atoms with Gasteiger partial charge < -0.3 is 15.2 Å². The summed E-state index contributed by atoms with van der Waals surface area (Å²) in [7, 11) is 1.68. The molecule has 1 aromatic rings. The molecule has 0 heterocycles. The Morgan fingerprint density at radius 3 is 2.62 bits per heavy atom. The van der Waals surface area contributed by atoms with Gasteiger partial charge in [0.2, 0.25) is 0 Å². The fourth-order valence-corrected chi connectivity index (χ4v) is 1.60. The molecule has 16 heavy (non-hydrogen) atoms. The Kier molecular flexibility index (Phi) is 6.42. The van der Waals surface area contributed by atoms with Crippen LogP contribution in [0.3, 0.4) is 0 Å². The molecule has 2 N–H and O–H groups in total. The highest BCUT2D eigenvalue weighted by Crippen LogP contribution is 2.22. The van der Waals surface area contributed by atoms with Gasteiger partial charge in [-0.15, -0.1) is 0 Å². The molecule has 0 aliphatic carbocycles. The maximum Gasteiger partial charge on any atom is 0.141 e. The minimum atomic E-state index is 0.305. The summed E-state index contributed by atoms with van der Waals surface area (Å²) in [6.45, 7) is 1.26. The third-order valence-corrected chi connectivity index (χ3v) is 2.51. The average Bonchev–Trinajstić information content (AvgIpc) is 2.34. The van der Waals surface area contributed by atoms with Gasteiger partial charge in [-0.05, 0) is 25.0 Å². The summed E-state index contributed by atoms with van der Waals surface area (Å²) in [6.07, 6.45) is 4.29. The van der Waals surface area contributed by atoms with Gasteiger partial charge in [0.05, 0.1) is 12.8 Å². The van der Waals surface area contributed by atoms with Crippen molar-refractivity contribution in [3.8, 4) is 5.75 Å². The molecule has 0 atom stereocenters. The van der Waals surface area contributed by atoms with Gasteiger partial charge in [-0.3, -0.25) is 0 Å². The standard InChI is InChI=1S/C13H21NO2/c1-16-13-9-5-4-8-12(13)14-10-6-2-3-7-11-15/h4-5,8-9,14-15H,2-3,6-7,10-11H2,1H3. The lowest BCUT2D eigenvalue weighted by Crippen LogP contribution is -2.03. The van der Waals surface area contributed by atoms with Crippen molar-refractivity contribution in [2.75, 3.05) is 25.6 Å². The van der Waals surface area contributed by atoms with Gasteiger partial charge in [0, 0.05) is 13.2 Å². The summed E-state index contributed by atoms with van der Waals surface area (Å²) >= 11 is 0. The normalized spacial score (nSPS) is 10.1. The Labute approximate surface area is 97.4 Å². The molecular weight excluding hydrogens is 202 g/mol. The molecule has 0 bridgehead atoms. The highest BCUT2D eigenvalue weighted by molar-refractivity contribution is 5.55. The lowest BCUT2D eigenvalue weighted by Gasteiger charge is -2.10. The summed E-state index contributed by atoms with van der Waals surface area (Å²) in [5.74, 6) is 0.887. The second-order valence-electron chi connectivity index (χ2n) is 3.76. The molecule has 0 fully saturated rings. The number of rotatable bonds is 8. The highest BCUT2D eigenvalue weighted by atomic mass is 16.5. The number of para-hydroxylation sites is 2. The van der Waals surface area contributed by atoms with Crippen LogP contribution in [0.25, 0.3) is 0 Å². The zero-order valence-electron chi connectivity index (χ0n) is 9.91. The Morgan fingerprint density at radius 2 is 1.88 bits per heavy atom. The van der Waals surface area contributed by atoms with Crippen LogP contribution >= 0.6 is 0 Å². The van der Waals surface area contributed by atoms with Gasteiger partial charge in [0.1, 0.15) is 5.75 Å². The van der Waals surface area contributed by atoms with Crippen LogP contribution in [0.4, 0.5) is 5.69 Å². The number of anilines is 1. The van der Waals surface area contributed by atoms with Crippen LogP contribution in [0, 0.1) is 0 Å². The monoisotopic (exact) mass is 223 g/mol. The van der Waals surface area contributed by atoms with Crippen molar-refractivity contribution in [1.29, 1.82) is 0 Å². The van der Waals surface area contributed by atoms with E-state index >= 15 is 0 Å². The minimum Gasteiger partial charge on any atom is -0.495 e. The first-order chi connectivity index (χ1) is 7.88. The van der Waals surface area contributed by atoms with E-state index in [0.717, 1.165) is 43.7 Å². The smallest absolute Gasteiger partial charge is 0.141 e. The largest absolute Gasteiger partial charge is 0.495 e. The van der Waals surface area contributed by atoms with E-state index in [1.54, 1.807) is 7.11 Å². The summed E-state index contributed by atoms with van der Waals surface area (Å²) in [6, 6.07) is 7.93. The zero-order chi connectivity index (χ0) is 11.6. The molecule has 3 heteroatoms. The van der Waals surface area contributed by atoms with Crippen molar-refractivity contribution in [3.05, 3.63) is 24.3 Å². The first-order valence-electron chi connectivity index (χ1n) is 5.86. The Balaban J connectivity index is 2.21. The van der Waals surface area contributed by atoms with Crippen LogP contribution in [0.1, 0.15) is 25.7 Å². The van der Waals surface area contributed by atoms with Crippen molar-refractivity contribution >= 4 is 5.69 Å². The molecule has 0 aliphatic heterocycles. The van der Waals surface area contributed by atoms with E-state index in [9.17, 15) is 0 Å². The number of aliphatic hydroxyl groups excluding tert-OH is 1. The van der Waals surface area contributed by atoms with E-state index in [1.165, 1.54) is 0 Å². The first-order valence-corrected chi connectivity index (χ1v) is 5.86. The van der Waals surface area contributed by atoms with E-state index in [-0.39, 0.29) is 0 Å². The molecule has 0 spiro atoms.